The summed E-state index contributed by atoms with van der Waals surface area (Å²) in [5.74, 6) is 0.763. The highest BCUT2D eigenvalue weighted by atomic mass is 16.6. The number of hydrogen-bond acceptors (Lipinski definition) is 4. The third-order valence-electron chi connectivity index (χ3n) is 3.89. The van der Waals surface area contributed by atoms with E-state index in [1.807, 2.05) is 25.7 Å². The fourth-order valence-corrected chi connectivity index (χ4v) is 3.04. The average Bonchev–Trinajstić information content (AvgIpc) is 2.35. The lowest BCUT2D eigenvalue weighted by atomic mass is 9.81. The fraction of sp³-hybridized carbons (Fsp3) is 0.929. The lowest BCUT2D eigenvalue weighted by Gasteiger charge is -2.46. The summed E-state index contributed by atoms with van der Waals surface area (Å²) in [5, 5.41) is 0. The summed E-state index contributed by atoms with van der Waals surface area (Å²) in [6.07, 6.45) is 1.75. The van der Waals surface area contributed by atoms with E-state index in [1.54, 1.807) is 0 Å². The molecule has 0 spiro atoms. The van der Waals surface area contributed by atoms with Gasteiger partial charge in [0.15, 0.2) is 0 Å². The summed E-state index contributed by atoms with van der Waals surface area (Å²) in [6, 6.07) is 0.256. The van der Waals surface area contributed by atoms with Gasteiger partial charge >= 0.3 is 6.09 Å². The molecule has 5 heteroatoms. The first-order chi connectivity index (χ1) is 8.90. The summed E-state index contributed by atoms with van der Waals surface area (Å²) < 4.78 is 11.1. The van der Waals surface area contributed by atoms with Crippen LogP contribution in [0.15, 0.2) is 0 Å². The Hall–Kier alpha value is -0.810. The molecule has 2 rings (SSSR count). The molecule has 110 valence electrons. The Morgan fingerprint density at radius 3 is 2.84 bits per heavy atom. The van der Waals surface area contributed by atoms with Crippen LogP contribution in [0.5, 0.6) is 0 Å². The summed E-state index contributed by atoms with van der Waals surface area (Å²) in [4.78, 5) is 14.2. The number of likely N-dealkylation sites (tertiary alicyclic amines) is 1. The smallest absolute Gasteiger partial charge is 0.410 e. The highest BCUT2D eigenvalue weighted by Crippen LogP contribution is 2.33. The Morgan fingerprint density at radius 2 is 2.21 bits per heavy atom. The highest BCUT2D eigenvalue weighted by molar-refractivity contribution is 5.68. The molecule has 0 bridgehead atoms. The molecule has 0 aromatic carbocycles. The number of fused-ring (bicyclic) bond motifs is 1. The van der Waals surface area contributed by atoms with Gasteiger partial charge in [0.1, 0.15) is 5.60 Å². The molecule has 0 aliphatic carbocycles. The van der Waals surface area contributed by atoms with E-state index in [1.165, 1.54) is 0 Å². The lowest BCUT2D eigenvalue weighted by molar-refractivity contribution is -0.0589. The van der Waals surface area contributed by atoms with E-state index in [2.05, 4.69) is 0 Å². The number of amides is 1. The minimum absolute atomic E-state index is 0.206. The first kappa shape index (κ1) is 14.6. The molecule has 0 saturated carbocycles. The number of nitrogens with zero attached hydrogens (tertiary/aromatic N) is 1. The van der Waals surface area contributed by atoms with Crippen molar-refractivity contribution in [2.75, 3.05) is 26.3 Å². The van der Waals surface area contributed by atoms with Gasteiger partial charge < -0.3 is 20.1 Å². The van der Waals surface area contributed by atoms with Crippen LogP contribution in [-0.2, 0) is 9.47 Å². The van der Waals surface area contributed by atoms with Crippen LogP contribution in [0.4, 0.5) is 4.79 Å². The van der Waals surface area contributed by atoms with Crippen LogP contribution < -0.4 is 5.73 Å². The molecule has 0 radical (unpaired) electrons. The van der Waals surface area contributed by atoms with Crippen LogP contribution in [0, 0.1) is 11.8 Å². The van der Waals surface area contributed by atoms with Crippen molar-refractivity contribution in [1.29, 1.82) is 0 Å². The maximum Gasteiger partial charge on any atom is 0.410 e. The summed E-state index contributed by atoms with van der Waals surface area (Å²) in [7, 11) is 0. The Kier molecular flexibility index (Phi) is 4.36. The Labute approximate surface area is 115 Å². The second-order valence-electron chi connectivity index (χ2n) is 6.66. The first-order valence-corrected chi connectivity index (χ1v) is 7.18. The van der Waals surface area contributed by atoms with Gasteiger partial charge in [-0.3, -0.25) is 0 Å². The van der Waals surface area contributed by atoms with Gasteiger partial charge in [0.25, 0.3) is 0 Å². The minimum atomic E-state index is -0.451. The van der Waals surface area contributed by atoms with Crippen LogP contribution in [0.1, 0.15) is 33.6 Å². The fourth-order valence-electron chi connectivity index (χ4n) is 3.04. The van der Waals surface area contributed by atoms with E-state index < -0.39 is 5.60 Å². The monoisotopic (exact) mass is 270 g/mol. The SMILES string of the molecule is CC(C)(C)OC(=O)N1CC(CN)CC2COCCC21. The van der Waals surface area contributed by atoms with Gasteiger partial charge in [-0.1, -0.05) is 0 Å². The first-order valence-electron chi connectivity index (χ1n) is 7.18. The van der Waals surface area contributed by atoms with Crippen molar-refractivity contribution >= 4 is 6.09 Å². The largest absolute Gasteiger partial charge is 0.444 e. The lowest BCUT2D eigenvalue weighted by Crippen LogP contribution is -2.56. The number of rotatable bonds is 1. The van der Waals surface area contributed by atoms with Gasteiger partial charge in [-0.2, -0.15) is 0 Å². The maximum atomic E-state index is 12.4. The standard InChI is InChI=1S/C14H26N2O3/c1-14(2,3)19-13(17)16-8-10(7-15)6-11-9-18-5-4-12(11)16/h10-12H,4-9,15H2,1-3H3. The zero-order valence-corrected chi connectivity index (χ0v) is 12.2. The zero-order chi connectivity index (χ0) is 14.0. The molecular weight excluding hydrogens is 244 g/mol. The highest BCUT2D eigenvalue weighted by Gasteiger charge is 2.41. The summed E-state index contributed by atoms with van der Waals surface area (Å²) in [6.45, 7) is 8.49. The molecular formula is C14H26N2O3. The number of carbonyl (C=O) groups excluding carboxylic acids is 1. The van der Waals surface area contributed by atoms with Gasteiger partial charge in [-0.05, 0) is 46.1 Å². The van der Waals surface area contributed by atoms with Gasteiger partial charge in [-0.15, -0.1) is 0 Å². The normalized spacial score (nSPS) is 31.8. The Balaban J connectivity index is 2.08. The molecule has 2 N–H and O–H groups in total. The predicted molar refractivity (Wildman–Crippen MR) is 72.8 cm³/mol. The molecule has 2 aliphatic heterocycles. The quantitative estimate of drug-likeness (QED) is 0.786. The summed E-state index contributed by atoms with van der Waals surface area (Å²) >= 11 is 0. The molecule has 19 heavy (non-hydrogen) atoms. The van der Waals surface area contributed by atoms with Crippen molar-refractivity contribution in [3.05, 3.63) is 0 Å². The zero-order valence-electron chi connectivity index (χ0n) is 12.2. The third-order valence-corrected chi connectivity index (χ3v) is 3.89. The molecule has 2 aliphatic rings. The van der Waals surface area contributed by atoms with Crippen LogP contribution in [0.2, 0.25) is 0 Å². The molecule has 1 amide bonds. The predicted octanol–water partition coefficient (Wildman–Crippen LogP) is 1.61. The van der Waals surface area contributed by atoms with Crippen molar-refractivity contribution in [2.24, 2.45) is 17.6 Å². The molecule has 5 nitrogen and oxygen atoms in total. The Bertz CT molecular complexity index is 327. The van der Waals surface area contributed by atoms with Crippen LogP contribution in [-0.4, -0.2) is 48.9 Å². The van der Waals surface area contributed by atoms with Crippen molar-refractivity contribution in [2.45, 2.75) is 45.3 Å². The average molecular weight is 270 g/mol. The van der Waals surface area contributed by atoms with Crippen molar-refractivity contribution in [3.8, 4) is 0 Å². The van der Waals surface area contributed by atoms with E-state index in [0.717, 1.165) is 26.1 Å². The number of hydrogen-bond donors (Lipinski definition) is 1. The van der Waals surface area contributed by atoms with Crippen LogP contribution in [0.3, 0.4) is 0 Å². The van der Waals surface area contributed by atoms with E-state index in [-0.39, 0.29) is 12.1 Å². The molecule has 2 heterocycles. The molecule has 3 unspecified atom stereocenters. The van der Waals surface area contributed by atoms with Crippen molar-refractivity contribution in [3.63, 3.8) is 0 Å². The number of ether oxygens (including phenoxy) is 2. The van der Waals surface area contributed by atoms with Crippen LogP contribution >= 0.6 is 0 Å². The van der Waals surface area contributed by atoms with Crippen molar-refractivity contribution in [1.82, 2.24) is 4.90 Å². The Morgan fingerprint density at radius 1 is 1.47 bits per heavy atom. The van der Waals surface area contributed by atoms with E-state index in [9.17, 15) is 4.79 Å². The minimum Gasteiger partial charge on any atom is -0.444 e. The van der Waals surface area contributed by atoms with Crippen LogP contribution in [0.25, 0.3) is 0 Å². The van der Waals surface area contributed by atoms with Crippen molar-refractivity contribution < 1.29 is 14.3 Å². The molecule has 0 aromatic rings. The molecule has 0 aromatic heterocycles. The molecule has 2 saturated heterocycles. The maximum absolute atomic E-state index is 12.4. The number of nitrogens with two attached hydrogens (primary N) is 1. The third kappa shape index (κ3) is 3.60. The second-order valence-corrected chi connectivity index (χ2v) is 6.66. The summed E-state index contributed by atoms with van der Waals surface area (Å²) in [5.41, 5.74) is 5.34. The van der Waals surface area contributed by atoms with E-state index in [4.69, 9.17) is 15.2 Å². The van der Waals surface area contributed by atoms with E-state index in [0.29, 0.717) is 24.9 Å². The van der Waals surface area contributed by atoms with Gasteiger partial charge in [-0.25, -0.2) is 4.79 Å². The van der Waals surface area contributed by atoms with Gasteiger partial charge in [0.2, 0.25) is 0 Å². The van der Waals surface area contributed by atoms with Gasteiger partial charge in [0.05, 0.1) is 6.61 Å². The van der Waals surface area contributed by atoms with E-state index >= 15 is 0 Å². The second kappa shape index (κ2) is 5.67. The topological polar surface area (TPSA) is 64.8 Å². The number of piperidine rings is 1. The van der Waals surface area contributed by atoms with Gasteiger partial charge in [0, 0.05) is 25.1 Å². The molecule has 2 fully saturated rings. The molecule has 3 atom stereocenters. The number of carbonyl (C=O) groups is 1.